The lowest BCUT2D eigenvalue weighted by molar-refractivity contribution is -0.136. The van der Waals surface area contributed by atoms with Crippen LogP contribution in [0, 0.1) is 0 Å². The van der Waals surface area contributed by atoms with E-state index in [1.54, 1.807) is 24.3 Å². The molecule has 0 aliphatic heterocycles. The van der Waals surface area contributed by atoms with E-state index in [2.05, 4.69) is 0 Å². The highest BCUT2D eigenvalue weighted by Crippen LogP contribution is 2.08. The average molecular weight is 228 g/mol. The van der Waals surface area contributed by atoms with E-state index in [0.717, 1.165) is 6.26 Å². The molecule has 1 N–H and O–H groups in total. The summed E-state index contributed by atoms with van der Waals surface area (Å²) in [5, 5.41) is 8.53. The second-order valence-corrected chi connectivity index (χ2v) is 5.60. The molecule has 0 spiro atoms. The molecule has 0 saturated carbocycles. The molecule has 0 atom stereocenters. The quantitative estimate of drug-likeness (QED) is 0.829. The summed E-state index contributed by atoms with van der Waals surface area (Å²) in [4.78, 5) is 10.4. The Balaban J connectivity index is 2.77. The van der Waals surface area contributed by atoms with Crippen molar-refractivity contribution in [1.29, 1.82) is 0 Å². The normalized spacial score (nSPS) is 11.3. The van der Waals surface area contributed by atoms with Crippen molar-refractivity contribution in [3.63, 3.8) is 0 Å². The van der Waals surface area contributed by atoms with E-state index >= 15 is 0 Å². The van der Waals surface area contributed by atoms with Crippen molar-refractivity contribution < 1.29 is 18.3 Å². The SMILES string of the molecule is CS(=O)(=O)Cc1ccc(CC(=O)O)cc1. The molecule has 1 rings (SSSR count). The molecular weight excluding hydrogens is 216 g/mol. The van der Waals surface area contributed by atoms with Crippen molar-refractivity contribution in [2.24, 2.45) is 0 Å². The second kappa shape index (κ2) is 4.44. The predicted molar refractivity (Wildman–Crippen MR) is 56.3 cm³/mol. The van der Waals surface area contributed by atoms with E-state index < -0.39 is 15.8 Å². The first kappa shape index (κ1) is 11.7. The van der Waals surface area contributed by atoms with Gasteiger partial charge in [-0.15, -0.1) is 0 Å². The first-order valence-corrected chi connectivity index (χ1v) is 6.40. The zero-order chi connectivity index (χ0) is 11.5. The lowest BCUT2D eigenvalue weighted by atomic mass is 10.1. The third-order valence-corrected chi connectivity index (χ3v) is 2.66. The van der Waals surface area contributed by atoms with Crippen LogP contribution in [0.2, 0.25) is 0 Å². The molecule has 0 radical (unpaired) electrons. The van der Waals surface area contributed by atoms with Gasteiger partial charge in [0.05, 0.1) is 12.2 Å². The van der Waals surface area contributed by atoms with Crippen molar-refractivity contribution in [2.75, 3.05) is 6.26 Å². The van der Waals surface area contributed by atoms with Gasteiger partial charge in [0.15, 0.2) is 9.84 Å². The van der Waals surface area contributed by atoms with Crippen LogP contribution in [0.15, 0.2) is 24.3 Å². The summed E-state index contributed by atoms with van der Waals surface area (Å²) in [6.07, 6.45) is 1.12. The van der Waals surface area contributed by atoms with Crippen LogP contribution in [0.3, 0.4) is 0 Å². The Bertz CT molecular complexity index is 445. The average Bonchev–Trinajstić information content (AvgIpc) is 2.05. The van der Waals surface area contributed by atoms with Crippen molar-refractivity contribution in [3.8, 4) is 0 Å². The summed E-state index contributed by atoms with van der Waals surface area (Å²) in [7, 11) is -3.03. The Hall–Kier alpha value is -1.36. The van der Waals surface area contributed by atoms with Gasteiger partial charge >= 0.3 is 5.97 Å². The van der Waals surface area contributed by atoms with Gasteiger partial charge in [-0.05, 0) is 11.1 Å². The maximum atomic E-state index is 11.0. The number of hydrogen-bond donors (Lipinski definition) is 1. The first-order chi connectivity index (χ1) is 6.87. The zero-order valence-corrected chi connectivity index (χ0v) is 9.12. The van der Waals surface area contributed by atoms with Crippen molar-refractivity contribution in [2.45, 2.75) is 12.2 Å². The molecular formula is C10H12O4S. The van der Waals surface area contributed by atoms with Crippen LogP contribution in [0.25, 0.3) is 0 Å². The van der Waals surface area contributed by atoms with Crippen molar-refractivity contribution in [3.05, 3.63) is 35.4 Å². The van der Waals surface area contributed by atoms with Crippen LogP contribution in [-0.2, 0) is 26.8 Å². The summed E-state index contributed by atoms with van der Waals surface area (Å²) in [6.45, 7) is 0. The largest absolute Gasteiger partial charge is 0.481 e. The maximum Gasteiger partial charge on any atom is 0.307 e. The highest BCUT2D eigenvalue weighted by molar-refractivity contribution is 7.89. The summed E-state index contributed by atoms with van der Waals surface area (Å²) in [6, 6.07) is 6.54. The smallest absolute Gasteiger partial charge is 0.307 e. The number of rotatable bonds is 4. The zero-order valence-electron chi connectivity index (χ0n) is 8.30. The second-order valence-electron chi connectivity index (χ2n) is 3.46. The molecule has 0 aliphatic rings. The summed E-state index contributed by atoms with van der Waals surface area (Å²) in [5.41, 5.74) is 1.34. The molecule has 0 saturated heterocycles. The molecule has 5 heteroatoms. The van der Waals surface area contributed by atoms with Gasteiger partial charge in [-0.25, -0.2) is 8.42 Å². The highest BCUT2D eigenvalue weighted by Gasteiger charge is 2.05. The number of benzene rings is 1. The summed E-state index contributed by atoms with van der Waals surface area (Å²) in [5.74, 6) is -0.911. The molecule has 0 aliphatic carbocycles. The third kappa shape index (κ3) is 4.60. The first-order valence-electron chi connectivity index (χ1n) is 4.34. The van der Waals surface area contributed by atoms with E-state index in [0.29, 0.717) is 11.1 Å². The molecule has 4 nitrogen and oxygen atoms in total. The molecule has 82 valence electrons. The van der Waals surface area contributed by atoms with E-state index in [1.165, 1.54) is 0 Å². The Morgan fingerprint density at radius 2 is 1.67 bits per heavy atom. The number of carbonyl (C=O) groups is 1. The van der Waals surface area contributed by atoms with E-state index in [9.17, 15) is 13.2 Å². The molecule has 0 bridgehead atoms. The molecule has 0 heterocycles. The minimum absolute atomic E-state index is 0.0135. The predicted octanol–water partition coefficient (Wildman–Crippen LogP) is 0.858. The Morgan fingerprint density at radius 1 is 1.20 bits per heavy atom. The standard InChI is InChI=1S/C10H12O4S/c1-15(13,14)7-9-4-2-8(3-5-9)6-10(11)12/h2-5H,6-7H2,1H3,(H,11,12). The molecule has 1 aromatic rings. The van der Waals surface area contributed by atoms with E-state index in [1.807, 2.05) is 0 Å². The van der Waals surface area contributed by atoms with Crippen LogP contribution in [0.4, 0.5) is 0 Å². The Labute approximate surface area is 88.5 Å². The maximum absolute atomic E-state index is 11.0. The monoisotopic (exact) mass is 228 g/mol. The number of carboxylic acid groups (broad SMARTS) is 1. The molecule has 0 amide bonds. The van der Waals surface area contributed by atoms with E-state index in [4.69, 9.17) is 5.11 Å². The lowest BCUT2D eigenvalue weighted by Crippen LogP contribution is -2.02. The van der Waals surface area contributed by atoms with Crippen LogP contribution >= 0.6 is 0 Å². The number of hydrogen-bond acceptors (Lipinski definition) is 3. The van der Waals surface area contributed by atoms with Gasteiger partial charge in [-0.1, -0.05) is 24.3 Å². The van der Waals surface area contributed by atoms with Crippen LogP contribution in [-0.4, -0.2) is 25.7 Å². The van der Waals surface area contributed by atoms with Crippen molar-refractivity contribution >= 4 is 15.8 Å². The van der Waals surface area contributed by atoms with Gasteiger partial charge in [0.2, 0.25) is 0 Å². The highest BCUT2D eigenvalue weighted by atomic mass is 32.2. The fourth-order valence-corrected chi connectivity index (χ4v) is 2.03. The third-order valence-electron chi connectivity index (χ3n) is 1.81. The van der Waals surface area contributed by atoms with Crippen molar-refractivity contribution in [1.82, 2.24) is 0 Å². The number of aliphatic carboxylic acids is 1. The van der Waals surface area contributed by atoms with Gasteiger partial charge in [0, 0.05) is 6.26 Å². The summed E-state index contributed by atoms with van der Waals surface area (Å²) < 4.78 is 21.9. The van der Waals surface area contributed by atoms with Gasteiger partial charge < -0.3 is 5.11 Å². The van der Waals surface area contributed by atoms with Crippen LogP contribution in [0.1, 0.15) is 11.1 Å². The minimum atomic E-state index is -3.03. The number of carboxylic acids is 1. The van der Waals surface area contributed by atoms with E-state index in [-0.39, 0.29) is 12.2 Å². The Kier molecular flexibility index (Phi) is 3.47. The number of sulfone groups is 1. The fraction of sp³-hybridized carbons (Fsp3) is 0.300. The van der Waals surface area contributed by atoms with Crippen LogP contribution in [0.5, 0.6) is 0 Å². The Morgan fingerprint density at radius 3 is 2.07 bits per heavy atom. The minimum Gasteiger partial charge on any atom is -0.481 e. The molecule has 1 aromatic carbocycles. The summed E-state index contributed by atoms with van der Waals surface area (Å²) >= 11 is 0. The molecule has 0 aromatic heterocycles. The molecule has 15 heavy (non-hydrogen) atoms. The fourth-order valence-electron chi connectivity index (χ4n) is 1.23. The van der Waals surface area contributed by atoms with Gasteiger partial charge in [0.25, 0.3) is 0 Å². The lowest BCUT2D eigenvalue weighted by Gasteiger charge is -2.01. The van der Waals surface area contributed by atoms with Gasteiger partial charge in [-0.2, -0.15) is 0 Å². The van der Waals surface area contributed by atoms with Gasteiger partial charge in [-0.3, -0.25) is 4.79 Å². The topological polar surface area (TPSA) is 71.4 Å². The van der Waals surface area contributed by atoms with Crippen LogP contribution < -0.4 is 0 Å². The van der Waals surface area contributed by atoms with Gasteiger partial charge in [0.1, 0.15) is 0 Å². The molecule has 0 fully saturated rings. The molecule has 0 unspecified atom stereocenters.